The Hall–Kier alpha value is -2.42. The Labute approximate surface area is 213 Å². The van der Waals surface area contributed by atoms with Gasteiger partial charge in [0, 0.05) is 12.6 Å². The van der Waals surface area contributed by atoms with Gasteiger partial charge in [-0.3, -0.25) is 9.59 Å². The number of phenols is 1. The second-order valence-corrected chi connectivity index (χ2v) is 10.9. The molecule has 1 aliphatic rings. The van der Waals surface area contributed by atoms with Crippen LogP contribution in [0.4, 0.5) is 4.79 Å². The number of ether oxygens (including phenoxy) is 1. The zero-order chi connectivity index (χ0) is 26.0. The summed E-state index contributed by atoms with van der Waals surface area (Å²) in [4.78, 5) is 41.5. The van der Waals surface area contributed by atoms with E-state index in [0.29, 0.717) is 24.3 Å². The molecule has 8 nitrogen and oxygen atoms in total. The van der Waals surface area contributed by atoms with E-state index in [9.17, 15) is 19.5 Å². The van der Waals surface area contributed by atoms with Crippen LogP contribution < -0.4 is 10.6 Å². The van der Waals surface area contributed by atoms with Gasteiger partial charge in [0.15, 0.2) is 0 Å². The summed E-state index contributed by atoms with van der Waals surface area (Å²) in [5.41, 5.74) is -0.158. The fraction of sp³-hybridized carbons (Fsp3) is 0.654. The number of alkyl carbamates (subject to hydrolysis) is 1. The van der Waals surface area contributed by atoms with Gasteiger partial charge >= 0.3 is 6.09 Å². The molecule has 3 N–H and O–H groups in total. The van der Waals surface area contributed by atoms with Crippen LogP contribution in [0.5, 0.6) is 5.75 Å². The highest BCUT2D eigenvalue weighted by Gasteiger charge is 2.44. The number of aromatic hydroxyl groups is 1. The van der Waals surface area contributed by atoms with Crippen molar-refractivity contribution in [1.29, 1.82) is 0 Å². The van der Waals surface area contributed by atoms with Gasteiger partial charge in [-0.1, -0.05) is 31.9 Å². The van der Waals surface area contributed by atoms with Crippen LogP contribution in [0, 0.1) is 0 Å². The van der Waals surface area contributed by atoms with Crippen molar-refractivity contribution in [3.63, 3.8) is 0 Å². The monoisotopic (exact) mass is 507 g/mol. The number of rotatable bonds is 13. The Balaban J connectivity index is 2.35. The molecule has 0 aromatic heterocycles. The van der Waals surface area contributed by atoms with Gasteiger partial charge in [0.2, 0.25) is 11.8 Å². The Kier molecular flexibility index (Phi) is 11.2. The number of hydrogen-bond acceptors (Lipinski definition) is 6. The number of hydrogen-bond donors (Lipinski definition) is 3. The van der Waals surface area contributed by atoms with E-state index in [1.807, 2.05) is 6.26 Å². The van der Waals surface area contributed by atoms with Crippen LogP contribution >= 0.6 is 11.8 Å². The van der Waals surface area contributed by atoms with Crippen molar-refractivity contribution in [2.75, 3.05) is 18.6 Å². The molecule has 9 heteroatoms. The van der Waals surface area contributed by atoms with E-state index in [2.05, 4.69) is 17.6 Å². The largest absolute Gasteiger partial charge is 0.508 e. The fourth-order valence-electron chi connectivity index (χ4n) is 3.81. The molecule has 196 valence electrons. The van der Waals surface area contributed by atoms with Gasteiger partial charge in [-0.2, -0.15) is 11.8 Å². The molecule has 3 amide bonds. The molecule has 0 bridgehead atoms. The Morgan fingerprint density at radius 2 is 1.94 bits per heavy atom. The van der Waals surface area contributed by atoms with E-state index in [0.717, 1.165) is 32.1 Å². The first-order valence-electron chi connectivity index (χ1n) is 12.4. The van der Waals surface area contributed by atoms with Crippen LogP contribution in [0.1, 0.15) is 77.8 Å². The zero-order valence-corrected chi connectivity index (χ0v) is 22.5. The van der Waals surface area contributed by atoms with E-state index >= 15 is 0 Å². The van der Waals surface area contributed by atoms with Crippen molar-refractivity contribution in [3.8, 4) is 5.75 Å². The number of nitrogens with one attached hydrogen (secondary N) is 2. The van der Waals surface area contributed by atoms with E-state index in [1.165, 1.54) is 12.1 Å². The van der Waals surface area contributed by atoms with Gasteiger partial charge in [-0.15, -0.1) is 0 Å². The smallest absolute Gasteiger partial charge is 0.408 e. The second kappa shape index (κ2) is 13.6. The number of carbonyl (C=O) groups is 3. The standard InChI is InChI=1S/C26H41N3O5S/c1-6-7-8-15-27-23(31)22(18-10-9-11-20(30)17-18)29(19-12-13-19)24(32)21(14-16-35-5)28-25(33)34-26(2,3)4/h9-11,17,19,21-22,30H,6-8,12-16H2,1-5H3,(H,27,31)(H,28,33). The molecule has 2 unspecified atom stereocenters. The first-order valence-corrected chi connectivity index (χ1v) is 13.8. The number of amides is 3. The minimum absolute atomic E-state index is 0.0280. The van der Waals surface area contributed by atoms with Gasteiger partial charge in [-0.05, 0) is 76.2 Å². The fourth-order valence-corrected chi connectivity index (χ4v) is 4.28. The third-order valence-corrected chi connectivity index (χ3v) is 6.23. The number of nitrogens with zero attached hydrogens (tertiary/aromatic N) is 1. The third kappa shape index (κ3) is 9.63. The average molecular weight is 508 g/mol. The molecule has 2 atom stereocenters. The highest BCUT2D eigenvalue weighted by Crippen LogP contribution is 2.36. The normalized spacial score (nSPS) is 15.1. The van der Waals surface area contributed by atoms with Gasteiger partial charge in [0.25, 0.3) is 0 Å². The van der Waals surface area contributed by atoms with E-state index in [-0.39, 0.29) is 23.6 Å². The summed E-state index contributed by atoms with van der Waals surface area (Å²) in [5.74, 6) is 0.0858. The quantitative estimate of drug-likeness (QED) is 0.342. The van der Waals surface area contributed by atoms with Crippen molar-refractivity contribution >= 4 is 29.7 Å². The molecule has 2 rings (SSSR count). The molecule has 1 saturated carbocycles. The summed E-state index contributed by atoms with van der Waals surface area (Å²) in [5, 5.41) is 15.8. The van der Waals surface area contributed by atoms with Crippen LogP contribution in [0.15, 0.2) is 24.3 Å². The van der Waals surface area contributed by atoms with Crippen LogP contribution in [0.2, 0.25) is 0 Å². The van der Waals surface area contributed by atoms with Crippen molar-refractivity contribution < 1.29 is 24.2 Å². The molecule has 0 saturated heterocycles. The molecule has 1 aromatic rings. The lowest BCUT2D eigenvalue weighted by Gasteiger charge is -2.34. The predicted octanol–water partition coefficient (Wildman–Crippen LogP) is 4.38. The minimum atomic E-state index is -0.902. The van der Waals surface area contributed by atoms with Crippen LogP contribution in [-0.4, -0.2) is 64.2 Å². The predicted molar refractivity (Wildman–Crippen MR) is 139 cm³/mol. The van der Waals surface area contributed by atoms with Crippen molar-refractivity contribution in [1.82, 2.24) is 15.5 Å². The molecule has 35 heavy (non-hydrogen) atoms. The molecule has 0 aliphatic heterocycles. The number of benzene rings is 1. The lowest BCUT2D eigenvalue weighted by Crippen LogP contribution is -2.54. The average Bonchev–Trinajstić information content (AvgIpc) is 3.61. The highest BCUT2D eigenvalue weighted by atomic mass is 32.2. The third-order valence-electron chi connectivity index (χ3n) is 5.59. The molecule has 1 aliphatic carbocycles. The van der Waals surface area contributed by atoms with E-state index < -0.39 is 23.8 Å². The van der Waals surface area contributed by atoms with Gasteiger partial charge in [0.05, 0.1) is 0 Å². The SMILES string of the molecule is CCCCCNC(=O)C(c1cccc(O)c1)N(C(=O)C(CCSC)NC(=O)OC(C)(C)C)C1CC1. The summed E-state index contributed by atoms with van der Waals surface area (Å²) in [6, 6.07) is 4.64. The van der Waals surface area contributed by atoms with Crippen molar-refractivity contribution in [3.05, 3.63) is 29.8 Å². The first-order chi connectivity index (χ1) is 16.6. The molecular weight excluding hydrogens is 466 g/mol. The lowest BCUT2D eigenvalue weighted by molar-refractivity contribution is -0.143. The maximum Gasteiger partial charge on any atom is 0.408 e. The number of phenolic OH excluding ortho intramolecular Hbond substituents is 1. The number of carbonyl (C=O) groups excluding carboxylic acids is 3. The Morgan fingerprint density at radius 1 is 1.23 bits per heavy atom. The maximum atomic E-state index is 13.9. The Morgan fingerprint density at radius 3 is 2.51 bits per heavy atom. The topological polar surface area (TPSA) is 108 Å². The van der Waals surface area contributed by atoms with Gasteiger partial charge < -0.3 is 25.4 Å². The molecule has 0 heterocycles. The summed E-state index contributed by atoms with van der Waals surface area (Å²) >= 11 is 1.58. The van der Waals surface area contributed by atoms with Crippen molar-refractivity contribution in [2.24, 2.45) is 0 Å². The number of thioether (sulfide) groups is 1. The summed E-state index contributed by atoms with van der Waals surface area (Å²) < 4.78 is 5.40. The molecular formula is C26H41N3O5S. The summed E-state index contributed by atoms with van der Waals surface area (Å²) in [7, 11) is 0. The lowest BCUT2D eigenvalue weighted by atomic mass is 10.0. The highest BCUT2D eigenvalue weighted by molar-refractivity contribution is 7.98. The molecule has 0 radical (unpaired) electrons. The van der Waals surface area contributed by atoms with E-state index in [4.69, 9.17) is 4.74 Å². The number of unbranched alkanes of at least 4 members (excludes halogenated alkanes) is 2. The second-order valence-electron chi connectivity index (χ2n) is 9.95. The van der Waals surface area contributed by atoms with Crippen LogP contribution in [0.25, 0.3) is 0 Å². The molecule has 1 fully saturated rings. The summed E-state index contributed by atoms with van der Waals surface area (Å²) in [6.45, 7) is 7.91. The van der Waals surface area contributed by atoms with E-state index in [1.54, 1.807) is 49.6 Å². The first kappa shape index (κ1) is 28.8. The Bertz CT molecular complexity index is 854. The maximum absolute atomic E-state index is 13.9. The van der Waals surface area contributed by atoms with Crippen LogP contribution in [-0.2, 0) is 14.3 Å². The van der Waals surface area contributed by atoms with Gasteiger partial charge in [-0.25, -0.2) is 4.79 Å². The molecule has 0 spiro atoms. The molecule has 1 aromatic carbocycles. The summed E-state index contributed by atoms with van der Waals surface area (Å²) in [6.07, 6.45) is 6.14. The zero-order valence-electron chi connectivity index (χ0n) is 21.6. The minimum Gasteiger partial charge on any atom is -0.508 e. The van der Waals surface area contributed by atoms with Crippen molar-refractivity contribution in [2.45, 2.75) is 89.9 Å². The van der Waals surface area contributed by atoms with Gasteiger partial charge in [0.1, 0.15) is 23.4 Å². The van der Waals surface area contributed by atoms with Crippen LogP contribution in [0.3, 0.4) is 0 Å².